The van der Waals surface area contributed by atoms with Crippen LogP contribution >= 0.6 is 23.2 Å². The zero-order valence-corrected chi connectivity index (χ0v) is 23.5. The second kappa shape index (κ2) is 10.5. The van der Waals surface area contributed by atoms with E-state index < -0.39 is 5.66 Å². The quantitative estimate of drug-likeness (QED) is 0.228. The molecule has 41 heavy (non-hydrogen) atoms. The summed E-state index contributed by atoms with van der Waals surface area (Å²) >= 11 is 13.0. The van der Waals surface area contributed by atoms with Gasteiger partial charge in [-0.2, -0.15) is 5.43 Å². The van der Waals surface area contributed by atoms with E-state index in [1.165, 1.54) is 0 Å². The fraction of sp³-hybridized carbons (Fsp3) is 0.0278. The highest BCUT2D eigenvalue weighted by molar-refractivity contribution is 6.31. The van der Waals surface area contributed by atoms with Crippen molar-refractivity contribution in [1.82, 2.24) is 10.4 Å². The second-order valence-electron chi connectivity index (χ2n) is 10.1. The number of aliphatic imine (C=N–C) groups is 1. The Labute approximate surface area is 249 Å². The lowest BCUT2D eigenvalue weighted by molar-refractivity contribution is 0.311. The minimum absolute atomic E-state index is 0.649. The van der Waals surface area contributed by atoms with Crippen LogP contribution in [0.25, 0.3) is 27.8 Å². The van der Waals surface area contributed by atoms with Gasteiger partial charge in [0.05, 0.1) is 0 Å². The molecular formula is C36H25Cl2N3. The van der Waals surface area contributed by atoms with Gasteiger partial charge in [-0.3, -0.25) is 5.01 Å². The number of hydrogen-bond acceptors (Lipinski definition) is 3. The Morgan fingerprint density at radius 3 is 1.98 bits per heavy atom. The number of amidine groups is 1. The van der Waals surface area contributed by atoms with E-state index >= 15 is 0 Å². The van der Waals surface area contributed by atoms with Crippen molar-refractivity contribution < 1.29 is 0 Å². The molecule has 2 aliphatic heterocycles. The number of hydrogen-bond donors (Lipinski definition) is 1. The highest BCUT2D eigenvalue weighted by atomic mass is 35.5. The molecule has 0 saturated carbocycles. The van der Waals surface area contributed by atoms with Crippen molar-refractivity contribution in [3.8, 4) is 22.3 Å². The predicted molar refractivity (Wildman–Crippen MR) is 171 cm³/mol. The van der Waals surface area contributed by atoms with Crippen LogP contribution in [0.3, 0.4) is 0 Å². The summed E-state index contributed by atoms with van der Waals surface area (Å²) in [5.41, 5.74) is 11.3. The van der Waals surface area contributed by atoms with Crippen molar-refractivity contribution in [3.63, 3.8) is 0 Å². The molecule has 1 N–H and O–H groups in total. The third-order valence-electron chi connectivity index (χ3n) is 7.55. The molecule has 0 fully saturated rings. The molecule has 0 aromatic heterocycles. The predicted octanol–water partition coefficient (Wildman–Crippen LogP) is 9.36. The van der Waals surface area contributed by atoms with Gasteiger partial charge in [-0.25, -0.2) is 4.99 Å². The van der Waals surface area contributed by atoms with E-state index in [1.807, 2.05) is 84.0 Å². The number of nitrogens with zero attached hydrogens (tertiary/aromatic N) is 2. The van der Waals surface area contributed by atoms with Gasteiger partial charge in [0.25, 0.3) is 0 Å². The first kappa shape index (κ1) is 25.6. The van der Waals surface area contributed by atoms with E-state index in [-0.39, 0.29) is 0 Å². The minimum atomic E-state index is -0.921. The number of hydrazine groups is 1. The molecule has 5 aromatic carbocycles. The molecule has 1 atom stereocenters. The van der Waals surface area contributed by atoms with Gasteiger partial charge in [0.2, 0.25) is 0 Å². The fourth-order valence-corrected chi connectivity index (χ4v) is 5.89. The SMILES string of the molecule is Clc1ccc(-c2ccc(-c3cccc(C4(c5ccccc5Cl)N=C5C(c6ccccc6)=CC=CN5N4)c3)cc2)cc1. The van der Waals surface area contributed by atoms with Crippen LogP contribution in [-0.2, 0) is 5.66 Å². The first-order valence-corrected chi connectivity index (χ1v) is 14.2. The molecule has 198 valence electrons. The van der Waals surface area contributed by atoms with Crippen molar-refractivity contribution in [2.45, 2.75) is 5.66 Å². The van der Waals surface area contributed by atoms with Crippen molar-refractivity contribution in [2.24, 2.45) is 4.99 Å². The standard InChI is InChI=1S/C36H25Cl2N3/c37-31-21-19-26(20-22-31)25-15-17-27(18-16-25)29-10-6-11-30(24-29)36(33-13-4-5-14-34(33)38)39-35-32(12-7-23-41(35)40-36)28-8-2-1-3-9-28/h1-24,40H. The maximum atomic E-state index is 6.87. The van der Waals surface area contributed by atoms with Crippen LogP contribution in [0.15, 0.2) is 151 Å². The van der Waals surface area contributed by atoms with Gasteiger partial charge in [-0.05, 0) is 64.2 Å². The zero-order valence-electron chi connectivity index (χ0n) is 22.0. The summed E-state index contributed by atoms with van der Waals surface area (Å²) in [4.78, 5) is 5.41. The van der Waals surface area contributed by atoms with E-state index in [2.05, 4.69) is 72.2 Å². The van der Waals surface area contributed by atoms with Crippen LogP contribution in [0, 0.1) is 0 Å². The average molecular weight is 571 g/mol. The Bertz CT molecular complexity index is 1820. The second-order valence-corrected chi connectivity index (χ2v) is 10.9. The molecule has 2 aliphatic rings. The zero-order chi connectivity index (χ0) is 27.8. The van der Waals surface area contributed by atoms with Crippen LogP contribution in [0.5, 0.6) is 0 Å². The van der Waals surface area contributed by atoms with E-state index in [9.17, 15) is 0 Å². The smallest absolute Gasteiger partial charge is 0.182 e. The van der Waals surface area contributed by atoms with Gasteiger partial charge in [-0.15, -0.1) is 0 Å². The van der Waals surface area contributed by atoms with Crippen molar-refractivity contribution >= 4 is 34.6 Å². The van der Waals surface area contributed by atoms with Crippen LogP contribution in [0.4, 0.5) is 0 Å². The summed E-state index contributed by atoms with van der Waals surface area (Å²) in [6.07, 6.45) is 6.15. The average Bonchev–Trinajstić information content (AvgIpc) is 3.43. The Morgan fingerprint density at radius 1 is 0.610 bits per heavy atom. The van der Waals surface area contributed by atoms with Gasteiger partial charge >= 0.3 is 0 Å². The molecule has 0 bridgehead atoms. The highest BCUT2D eigenvalue weighted by Crippen LogP contribution is 2.42. The number of rotatable bonds is 5. The third kappa shape index (κ3) is 4.68. The van der Waals surface area contributed by atoms with E-state index in [0.29, 0.717) is 5.02 Å². The molecule has 1 unspecified atom stereocenters. The summed E-state index contributed by atoms with van der Waals surface area (Å²) in [6, 6.07) is 43.3. The van der Waals surface area contributed by atoms with E-state index in [4.69, 9.17) is 28.2 Å². The molecule has 0 radical (unpaired) electrons. The first-order chi connectivity index (χ1) is 20.1. The molecule has 7 rings (SSSR count). The molecule has 5 heteroatoms. The lowest BCUT2D eigenvalue weighted by atomic mass is 9.89. The normalized spacial score (nSPS) is 17.7. The van der Waals surface area contributed by atoms with Gasteiger partial charge < -0.3 is 0 Å². The number of fused-ring (bicyclic) bond motifs is 1. The summed E-state index contributed by atoms with van der Waals surface area (Å²) in [5.74, 6) is 0.844. The Balaban J connectivity index is 1.33. The number of nitrogens with one attached hydrogen (secondary N) is 1. The summed E-state index contributed by atoms with van der Waals surface area (Å²) in [6.45, 7) is 0. The maximum Gasteiger partial charge on any atom is 0.182 e. The Hall–Kier alpha value is -4.41. The highest BCUT2D eigenvalue weighted by Gasteiger charge is 2.44. The molecule has 2 heterocycles. The van der Waals surface area contributed by atoms with Gasteiger partial charge in [-0.1, -0.05) is 126 Å². The van der Waals surface area contributed by atoms with Crippen LogP contribution in [0.1, 0.15) is 16.7 Å². The van der Waals surface area contributed by atoms with Crippen molar-refractivity contribution in [2.75, 3.05) is 0 Å². The van der Waals surface area contributed by atoms with Crippen molar-refractivity contribution in [3.05, 3.63) is 172 Å². The Kier molecular flexibility index (Phi) is 6.56. The van der Waals surface area contributed by atoms with Gasteiger partial charge in [0, 0.05) is 32.9 Å². The van der Waals surface area contributed by atoms with Crippen LogP contribution in [0.2, 0.25) is 10.0 Å². The van der Waals surface area contributed by atoms with E-state index in [0.717, 1.165) is 55.4 Å². The molecule has 0 saturated heterocycles. The number of halogens is 2. The minimum Gasteiger partial charge on any atom is -0.264 e. The molecule has 3 nitrogen and oxygen atoms in total. The van der Waals surface area contributed by atoms with Crippen LogP contribution < -0.4 is 5.43 Å². The van der Waals surface area contributed by atoms with E-state index in [1.54, 1.807) is 0 Å². The largest absolute Gasteiger partial charge is 0.264 e. The number of allylic oxidation sites excluding steroid dienone is 2. The molecule has 5 aromatic rings. The third-order valence-corrected chi connectivity index (χ3v) is 8.13. The molecule has 0 aliphatic carbocycles. The number of benzene rings is 5. The summed E-state index contributed by atoms with van der Waals surface area (Å²) in [5, 5.41) is 3.38. The monoisotopic (exact) mass is 569 g/mol. The Morgan fingerprint density at radius 2 is 1.24 bits per heavy atom. The summed E-state index contributed by atoms with van der Waals surface area (Å²) in [7, 11) is 0. The van der Waals surface area contributed by atoms with Gasteiger partial charge in [0.15, 0.2) is 11.5 Å². The van der Waals surface area contributed by atoms with Gasteiger partial charge in [0.1, 0.15) is 0 Å². The molecule has 0 amide bonds. The molecular weight excluding hydrogens is 545 g/mol. The maximum absolute atomic E-state index is 6.87. The van der Waals surface area contributed by atoms with Crippen molar-refractivity contribution in [1.29, 1.82) is 0 Å². The topological polar surface area (TPSA) is 27.6 Å². The lowest BCUT2D eigenvalue weighted by Crippen LogP contribution is -2.45. The first-order valence-electron chi connectivity index (χ1n) is 13.4. The van der Waals surface area contributed by atoms with Crippen LogP contribution in [-0.4, -0.2) is 10.8 Å². The molecule has 0 spiro atoms. The lowest BCUT2D eigenvalue weighted by Gasteiger charge is -2.31. The fourth-order valence-electron chi connectivity index (χ4n) is 5.49. The summed E-state index contributed by atoms with van der Waals surface area (Å²) < 4.78 is 0.